The predicted molar refractivity (Wildman–Crippen MR) is 91.9 cm³/mol. The number of carbonyl (C=O) groups excluding carboxylic acids is 1. The maximum atomic E-state index is 12.3. The molecule has 1 amide bonds. The topological polar surface area (TPSA) is 69.6 Å². The SMILES string of the molecule is CC(NC(=O)CN1CCC[C@@H]1C(=O)O)c1ccc2c(c1)CCCC2. The van der Waals surface area contributed by atoms with Gasteiger partial charge in [0.2, 0.25) is 5.91 Å². The fourth-order valence-electron chi connectivity index (χ4n) is 3.87. The van der Waals surface area contributed by atoms with E-state index in [-0.39, 0.29) is 18.5 Å². The van der Waals surface area contributed by atoms with Crippen molar-refractivity contribution < 1.29 is 14.7 Å². The first-order valence-electron chi connectivity index (χ1n) is 8.92. The van der Waals surface area contributed by atoms with E-state index < -0.39 is 12.0 Å². The van der Waals surface area contributed by atoms with Gasteiger partial charge >= 0.3 is 5.97 Å². The highest BCUT2D eigenvalue weighted by molar-refractivity contribution is 5.80. The molecule has 5 nitrogen and oxygen atoms in total. The second-order valence-electron chi connectivity index (χ2n) is 6.99. The van der Waals surface area contributed by atoms with Gasteiger partial charge in [-0.3, -0.25) is 14.5 Å². The van der Waals surface area contributed by atoms with Crippen molar-refractivity contribution in [2.45, 2.75) is 57.5 Å². The molecule has 0 aromatic heterocycles. The second-order valence-corrected chi connectivity index (χ2v) is 6.99. The van der Waals surface area contributed by atoms with Crippen LogP contribution in [0.15, 0.2) is 18.2 Å². The van der Waals surface area contributed by atoms with E-state index in [9.17, 15) is 14.7 Å². The maximum Gasteiger partial charge on any atom is 0.320 e. The zero-order valence-electron chi connectivity index (χ0n) is 14.3. The highest BCUT2D eigenvalue weighted by atomic mass is 16.4. The van der Waals surface area contributed by atoms with Crippen molar-refractivity contribution in [3.05, 3.63) is 34.9 Å². The van der Waals surface area contributed by atoms with Crippen LogP contribution in [-0.4, -0.2) is 41.0 Å². The van der Waals surface area contributed by atoms with Gasteiger partial charge in [0.1, 0.15) is 6.04 Å². The molecule has 3 rings (SSSR count). The van der Waals surface area contributed by atoms with E-state index in [1.807, 2.05) is 6.92 Å². The van der Waals surface area contributed by atoms with E-state index in [1.54, 1.807) is 4.90 Å². The van der Waals surface area contributed by atoms with Crippen molar-refractivity contribution in [3.8, 4) is 0 Å². The summed E-state index contributed by atoms with van der Waals surface area (Å²) in [5.41, 5.74) is 3.97. The monoisotopic (exact) mass is 330 g/mol. The molecule has 1 aliphatic heterocycles. The molecule has 24 heavy (non-hydrogen) atoms. The first-order chi connectivity index (χ1) is 11.5. The van der Waals surface area contributed by atoms with Gasteiger partial charge in [-0.05, 0) is 68.7 Å². The number of nitrogens with one attached hydrogen (secondary N) is 1. The number of fused-ring (bicyclic) bond motifs is 1. The number of nitrogens with zero attached hydrogens (tertiary/aromatic N) is 1. The fourth-order valence-corrected chi connectivity index (χ4v) is 3.87. The summed E-state index contributed by atoms with van der Waals surface area (Å²) >= 11 is 0. The molecule has 1 saturated heterocycles. The average molecular weight is 330 g/mol. The van der Waals surface area contributed by atoms with E-state index in [0.717, 1.165) is 24.8 Å². The van der Waals surface area contributed by atoms with Crippen LogP contribution in [0, 0.1) is 0 Å². The van der Waals surface area contributed by atoms with Crippen molar-refractivity contribution in [2.75, 3.05) is 13.1 Å². The Morgan fingerprint density at radius 2 is 2.00 bits per heavy atom. The van der Waals surface area contributed by atoms with Gasteiger partial charge in [0.05, 0.1) is 12.6 Å². The molecule has 1 fully saturated rings. The number of carbonyl (C=O) groups is 2. The van der Waals surface area contributed by atoms with Gasteiger partial charge in [0, 0.05) is 0 Å². The lowest BCUT2D eigenvalue weighted by Gasteiger charge is -2.23. The molecule has 2 atom stereocenters. The van der Waals surface area contributed by atoms with E-state index >= 15 is 0 Å². The summed E-state index contributed by atoms with van der Waals surface area (Å²) in [5, 5.41) is 12.2. The number of carboxylic acids is 1. The lowest BCUT2D eigenvalue weighted by atomic mass is 9.89. The van der Waals surface area contributed by atoms with E-state index in [0.29, 0.717) is 13.0 Å². The van der Waals surface area contributed by atoms with Crippen LogP contribution < -0.4 is 5.32 Å². The average Bonchev–Trinajstić information content (AvgIpc) is 3.02. The quantitative estimate of drug-likeness (QED) is 0.869. The Balaban J connectivity index is 1.59. The van der Waals surface area contributed by atoms with Crippen molar-refractivity contribution >= 4 is 11.9 Å². The maximum absolute atomic E-state index is 12.3. The smallest absolute Gasteiger partial charge is 0.320 e. The summed E-state index contributed by atoms with van der Waals surface area (Å²) in [6, 6.07) is 5.93. The summed E-state index contributed by atoms with van der Waals surface area (Å²) in [6.45, 7) is 2.82. The van der Waals surface area contributed by atoms with Gasteiger partial charge < -0.3 is 10.4 Å². The van der Waals surface area contributed by atoms with Crippen molar-refractivity contribution in [1.29, 1.82) is 0 Å². The second kappa shape index (κ2) is 7.34. The van der Waals surface area contributed by atoms with Crippen LogP contribution >= 0.6 is 0 Å². The summed E-state index contributed by atoms with van der Waals surface area (Å²) in [6.07, 6.45) is 6.25. The van der Waals surface area contributed by atoms with Crippen LogP contribution in [0.25, 0.3) is 0 Å². The molecule has 0 bridgehead atoms. The largest absolute Gasteiger partial charge is 0.480 e. The predicted octanol–water partition coefficient (Wildman–Crippen LogP) is 2.29. The van der Waals surface area contributed by atoms with Gasteiger partial charge in [0.25, 0.3) is 0 Å². The third-order valence-electron chi connectivity index (χ3n) is 5.25. The van der Waals surface area contributed by atoms with Crippen molar-refractivity contribution in [2.24, 2.45) is 0 Å². The minimum Gasteiger partial charge on any atom is -0.480 e. The molecule has 0 radical (unpaired) electrons. The Hall–Kier alpha value is -1.88. The number of hydrogen-bond acceptors (Lipinski definition) is 3. The molecule has 2 aliphatic rings. The molecule has 1 heterocycles. The van der Waals surface area contributed by atoms with Gasteiger partial charge in [-0.25, -0.2) is 0 Å². The Morgan fingerprint density at radius 3 is 2.75 bits per heavy atom. The molecule has 0 spiro atoms. The molecule has 130 valence electrons. The van der Waals surface area contributed by atoms with Crippen LogP contribution in [-0.2, 0) is 22.4 Å². The molecule has 1 unspecified atom stereocenters. The number of likely N-dealkylation sites (tertiary alicyclic amines) is 1. The van der Waals surface area contributed by atoms with Crippen molar-refractivity contribution in [3.63, 3.8) is 0 Å². The van der Waals surface area contributed by atoms with Gasteiger partial charge in [-0.2, -0.15) is 0 Å². The molecule has 1 aliphatic carbocycles. The molecule has 2 N–H and O–H groups in total. The minimum absolute atomic E-state index is 0.0596. The molecule has 1 aromatic carbocycles. The van der Waals surface area contributed by atoms with Crippen LogP contribution in [0.3, 0.4) is 0 Å². The normalized spacial score (nSPS) is 22.0. The zero-order valence-corrected chi connectivity index (χ0v) is 14.3. The number of amides is 1. The van der Waals surface area contributed by atoms with E-state index in [1.165, 1.54) is 24.0 Å². The fraction of sp³-hybridized carbons (Fsp3) is 0.579. The van der Waals surface area contributed by atoms with Crippen LogP contribution in [0.2, 0.25) is 0 Å². The third kappa shape index (κ3) is 3.78. The van der Waals surface area contributed by atoms with Crippen molar-refractivity contribution in [1.82, 2.24) is 10.2 Å². The van der Waals surface area contributed by atoms with Crippen LogP contribution in [0.4, 0.5) is 0 Å². The standard InChI is InChI=1S/C19H26N2O3/c1-13(15-9-8-14-5-2-3-6-16(14)11-15)20-18(22)12-21-10-4-7-17(21)19(23)24/h8-9,11,13,17H,2-7,10,12H2,1H3,(H,20,22)(H,23,24)/t13?,17-/m1/s1. The van der Waals surface area contributed by atoms with Crippen LogP contribution in [0.5, 0.6) is 0 Å². The van der Waals surface area contributed by atoms with E-state index in [4.69, 9.17) is 0 Å². The highest BCUT2D eigenvalue weighted by Gasteiger charge is 2.31. The summed E-state index contributed by atoms with van der Waals surface area (Å²) in [7, 11) is 0. The Morgan fingerprint density at radius 1 is 1.25 bits per heavy atom. The zero-order chi connectivity index (χ0) is 17.1. The molecular weight excluding hydrogens is 304 g/mol. The third-order valence-corrected chi connectivity index (χ3v) is 5.25. The lowest BCUT2D eigenvalue weighted by molar-refractivity contribution is -0.142. The minimum atomic E-state index is -0.831. The number of hydrogen-bond donors (Lipinski definition) is 2. The lowest BCUT2D eigenvalue weighted by Crippen LogP contribution is -2.43. The number of benzene rings is 1. The van der Waals surface area contributed by atoms with E-state index in [2.05, 4.69) is 23.5 Å². The highest BCUT2D eigenvalue weighted by Crippen LogP contribution is 2.25. The first kappa shape index (κ1) is 17.0. The Kier molecular flexibility index (Phi) is 5.19. The first-order valence-corrected chi connectivity index (χ1v) is 8.92. The Bertz CT molecular complexity index is 629. The summed E-state index contributed by atoms with van der Waals surface area (Å²) < 4.78 is 0. The Labute approximate surface area is 143 Å². The molecular formula is C19H26N2O3. The molecule has 0 saturated carbocycles. The number of carboxylic acid groups (broad SMARTS) is 1. The summed E-state index contributed by atoms with van der Waals surface area (Å²) in [4.78, 5) is 25.3. The number of rotatable bonds is 5. The van der Waals surface area contributed by atoms with Gasteiger partial charge in [-0.15, -0.1) is 0 Å². The molecule has 5 heteroatoms. The molecule has 1 aromatic rings. The number of aliphatic carboxylic acids is 1. The van der Waals surface area contributed by atoms with Gasteiger partial charge in [-0.1, -0.05) is 18.2 Å². The number of aryl methyl sites for hydroxylation is 2. The summed E-state index contributed by atoms with van der Waals surface area (Å²) in [5.74, 6) is -0.934. The van der Waals surface area contributed by atoms with Crippen LogP contribution in [0.1, 0.15) is 55.3 Å². The van der Waals surface area contributed by atoms with Gasteiger partial charge in [0.15, 0.2) is 0 Å².